The van der Waals surface area contributed by atoms with Gasteiger partial charge in [0.25, 0.3) is 11.6 Å². The minimum Gasteiger partial charge on any atom is -0.496 e. The van der Waals surface area contributed by atoms with E-state index in [-0.39, 0.29) is 35.6 Å². The first-order valence-electron chi connectivity index (χ1n) is 6.14. The number of nitro groups is 1. The summed E-state index contributed by atoms with van der Waals surface area (Å²) in [5.41, 5.74) is 0.0400. The zero-order chi connectivity index (χ0) is 15.3. The molecular formula is C13H18N2O5. The van der Waals surface area contributed by atoms with Crippen molar-refractivity contribution in [3.63, 3.8) is 0 Å². The SMILES string of the molecule is COc1cc([N+](=O)[O-])ccc1C(=O)N[C@H](CO)C(C)C. The molecule has 0 heterocycles. The van der Waals surface area contributed by atoms with Crippen molar-refractivity contribution in [3.05, 3.63) is 33.9 Å². The van der Waals surface area contributed by atoms with Crippen molar-refractivity contribution < 1.29 is 19.6 Å². The number of nitrogens with one attached hydrogen (secondary N) is 1. The maximum atomic E-state index is 12.1. The van der Waals surface area contributed by atoms with Gasteiger partial charge in [0, 0.05) is 6.07 Å². The van der Waals surface area contributed by atoms with E-state index in [1.165, 1.54) is 25.3 Å². The highest BCUT2D eigenvalue weighted by molar-refractivity contribution is 5.97. The zero-order valence-electron chi connectivity index (χ0n) is 11.6. The van der Waals surface area contributed by atoms with Gasteiger partial charge >= 0.3 is 0 Å². The molecule has 0 aliphatic heterocycles. The van der Waals surface area contributed by atoms with Gasteiger partial charge in [-0.2, -0.15) is 0 Å². The molecule has 1 amide bonds. The van der Waals surface area contributed by atoms with Crippen LogP contribution in [0.5, 0.6) is 5.75 Å². The van der Waals surface area contributed by atoms with Crippen molar-refractivity contribution in [2.45, 2.75) is 19.9 Å². The summed E-state index contributed by atoms with van der Waals surface area (Å²) in [6, 6.07) is 3.38. The molecule has 0 saturated carbocycles. The van der Waals surface area contributed by atoms with Crippen LogP contribution in [-0.4, -0.2) is 35.7 Å². The molecule has 0 aliphatic rings. The molecule has 7 nitrogen and oxygen atoms in total. The lowest BCUT2D eigenvalue weighted by Crippen LogP contribution is -2.41. The van der Waals surface area contributed by atoms with Crippen molar-refractivity contribution in [2.24, 2.45) is 5.92 Å². The van der Waals surface area contributed by atoms with Crippen molar-refractivity contribution in [1.82, 2.24) is 5.32 Å². The first kappa shape index (κ1) is 15.9. The molecule has 0 unspecified atom stereocenters. The van der Waals surface area contributed by atoms with Crippen LogP contribution in [0.1, 0.15) is 24.2 Å². The van der Waals surface area contributed by atoms with Crippen LogP contribution in [0, 0.1) is 16.0 Å². The summed E-state index contributed by atoms with van der Waals surface area (Å²) in [4.78, 5) is 22.2. The van der Waals surface area contributed by atoms with Gasteiger partial charge in [0.2, 0.25) is 0 Å². The Balaban J connectivity index is 3.01. The number of benzene rings is 1. The Bertz CT molecular complexity index is 502. The molecule has 7 heteroatoms. The molecule has 1 aromatic rings. The van der Waals surface area contributed by atoms with E-state index in [4.69, 9.17) is 4.74 Å². The first-order valence-corrected chi connectivity index (χ1v) is 6.14. The van der Waals surface area contributed by atoms with E-state index >= 15 is 0 Å². The van der Waals surface area contributed by atoms with Crippen molar-refractivity contribution >= 4 is 11.6 Å². The number of hydrogen-bond acceptors (Lipinski definition) is 5. The van der Waals surface area contributed by atoms with E-state index in [2.05, 4.69) is 5.32 Å². The minimum absolute atomic E-state index is 0.0630. The molecule has 1 atom stereocenters. The number of aliphatic hydroxyl groups excluding tert-OH is 1. The van der Waals surface area contributed by atoms with Crippen LogP contribution in [0.25, 0.3) is 0 Å². The number of aliphatic hydroxyl groups is 1. The van der Waals surface area contributed by atoms with Crippen LogP contribution in [0.2, 0.25) is 0 Å². The summed E-state index contributed by atoms with van der Waals surface area (Å²) in [5.74, 6) is -0.255. The summed E-state index contributed by atoms with van der Waals surface area (Å²) >= 11 is 0. The smallest absolute Gasteiger partial charge is 0.273 e. The van der Waals surface area contributed by atoms with Crippen LogP contribution in [0.15, 0.2) is 18.2 Å². The van der Waals surface area contributed by atoms with E-state index in [9.17, 15) is 20.0 Å². The average Bonchev–Trinajstić information content (AvgIpc) is 2.43. The Morgan fingerprint density at radius 2 is 2.15 bits per heavy atom. The van der Waals surface area contributed by atoms with Gasteiger partial charge in [0.15, 0.2) is 0 Å². The maximum Gasteiger partial charge on any atom is 0.273 e. The third-order valence-electron chi connectivity index (χ3n) is 2.96. The van der Waals surface area contributed by atoms with Crippen LogP contribution in [0.4, 0.5) is 5.69 Å². The number of ether oxygens (including phenoxy) is 1. The van der Waals surface area contributed by atoms with Gasteiger partial charge < -0.3 is 15.2 Å². The Kier molecular flexibility index (Phi) is 5.45. The van der Waals surface area contributed by atoms with Crippen molar-refractivity contribution in [3.8, 4) is 5.75 Å². The Labute approximate surface area is 116 Å². The lowest BCUT2D eigenvalue weighted by molar-refractivity contribution is -0.384. The summed E-state index contributed by atoms with van der Waals surface area (Å²) in [7, 11) is 1.34. The quantitative estimate of drug-likeness (QED) is 0.605. The van der Waals surface area contributed by atoms with Crippen LogP contribution >= 0.6 is 0 Å². The predicted octanol–water partition coefficient (Wildman–Crippen LogP) is 1.35. The zero-order valence-corrected chi connectivity index (χ0v) is 11.6. The fraction of sp³-hybridized carbons (Fsp3) is 0.462. The molecule has 0 aromatic heterocycles. The average molecular weight is 282 g/mol. The van der Waals surface area contributed by atoms with Crippen molar-refractivity contribution in [1.29, 1.82) is 0 Å². The molecule has 110 valence electrons. The molecule has 0 spiro atoms. The van der Waals surface area contributed by atoms with Gasteiger partial charge in [0.1, 0.15) is 5.75 Å². The number of rotatable bonds is 6. The second-order valence-corrected chi connectivity index (χ2v) is 4.65. The number of carbonyl (C=O) groups is 1. The van der Waals surface area contributed by atoms with Gasteiger partial charge in [-0.1, -0.05) is 13.8 Å². The second kappa shape index (κ2) is 6.85. The van der Waals surface area contributed by atoms with E-state index in [1.807, 2.05) is 13.8 Å². The lowest BCUT2D eigenvalue weighted by Gasteiger charge is -2.20. The highest BCUT2D eigenvalue weighted by atomic mass is 16.6. The number of nitro benzene ring substituents is 1. The van der Waals surface area contributed by atoms with Crippen molar-refractivity contribution in [2.75, 3.05) is 13.7 Å². The van der Waals surface area contributed by atoms with E-state index in [1.54, 1.807) is 0 Å². The van der Waals surface area contributed by atoms with Gasteiger partial charge in [0.05, 0.1) is 36.3 Å². The molecule has 0 fully saturated rings. The molecule has 2 N–H and O–H groups in total. The number of amides is 1. The van der Waals surface area contributed by atoms with E-state index < -0.39 is 10.8 Å². The maximum absolute atomic E-state index is 12.1. The highest BCUT2D eigenvalue weighted by Gasteiger charge is 2.20. The topological polar surface area (TPSA) is 102 Å². The molecule has 1 rings (SSSR count). The number of non-ortho nitro benzene ring substituents is 1. The molecule has 1 aromatic carbocycles. The van der Waals surface area contributed by atoms with E-state index in [0.29, 0.717) is 0 Å². The molecule has 0 saturated heterocycles. The summed E-state index contributed by atoms with van der Waals surface area (Å²) < 4.78 is 5.01. The molecule has 0 aliphatic carbocycles. The fourth-order valence-electron chi connectivity index (χ4n) is 1.65. The normalized spacial score (nSPS) is 12.1. The number of nitrogens with zero attached hydrogens (tertiary/aromatic N) is 1. The van der Waals surface area contributed by atoms with E-state index in [0.717, 1.165) is 0 Å². The molecule has 20 heavy (non-hydrogen) atoms. The predicted molar refractivity (Wildman–Crippen MR) is 72.8 cm³/mol. The summed E-state index contributed by atoms with van der Waals surface area (Å²) in [6.07, 6.45) is 0. The van der Waals surface area contributed by atoms with Crippen LogP contribution in [-0.2, 0) is 0 Å². The Morgan fingerprint density at radius 1 is 1.50 bits per heavy atom. The third-order valence-corrected chi connectivity index (χ3v) is 2.96. The minimum atomic E-state index is -0.561. The lowest BCUT2D eigenvalue weighted by atomic mass is 10.0. The Morgan fingerprint density at radius 3 is 2.60 bits per heavy atom. The molecule has 0 bridgehead atoms. The monoisotopic (exact) mass is 282 g/mol. The Hall–Kier alpha value is -2.15. The standard InChI is InChI=1S/C13H18N2O5/c1-8(2)11(7-16)14-13(17)10-5-4-9(15(18)19)6-12(10)20-3/h4-6,8,11,16H,7H2,1-3H3,(H,14,17)/t11-/m1/s1. The highest BCUT2D eigenvalue weighted by Crippen LogP contribution is 2.24. The number of hydrogen-bond donors (Lipinski definition) is 2. The number of carbonyl (C=O) groups excluding carboxylic acids is 1. The third kappa shape index (κ3) is 3.67. The van der Waals surface area contributed by atoms with Crippen LogP contribution in [0.3, 0.4) is 0 Å². The summed E-state index contributed by atoms with van der Waals surface area (Å²) in [6.45, 7) is 3.56. The first-order chi connectivity index (χ1) is 9.40. The largest absolute Gasteiger partial charge is 0.496 e. The summed E-state index contributed by atoms with van der Waals surface area (Å²) in [5, 5.41) is 22.5. The van der Waals surface area contributed by atoms with Gasteiger partial charge in [-0.05, 0) is 12.0 Å². The number of methoxy groups -OCH3 is 1. The van der Waals surface area contributed by atoms with Gasteiger partial charge in [-0.15, -0.1) is 0 Å². The fourth-order valence-corrected chi connectivity index (χ4v) is 1.65. The molecular weight excluding hydrogens is 264 g/mol. The second-order valence-electron chi connectivity index (χ2n) is 4.65. The van der Waals surface area contributed by atoms with Gasteiger partial charge in [-0.3, -0.25) is 14.9 Å². The van der Waals surface area contributed by atoms with Crippen LogP contribution < -0.4 is 10.1 Å². The van der Waals surface area contributed by atoms with Gasteiger partial charge in [-0.25, -0.2) is 0 Å². The molecule has 0 radical (unpaired) electrons.